The second-order valence-corrected chi connectivity index (χ2v) is 4.02. The zero-order valence-corrected chi connectivity index (χ0v) is 9.70. The lowest BCUT2D eigenvalue weighted by Crippen LogP contribution is -2.22. The highest BCUT2D eigenvalue weighted by molar-refractivity contribution is 6.31. The molecule has 0 saturated heterocycles. The molecule has 1 heterocycles. The number of benzene rings is 1. The minimum absolute atomic E-state index is 0.222. The molecular weight excluding hydrogens is 240 g/mol. The highest BCUT2D eigenvalue weighted by atomic mass is 35.5. The molecule has 0 fully saturated rings. The Morgan fingerprint density at radius 2 is 2.24 bits per heavy atom. The van der Waals surface area contributed by atoms with Gasteiger partial charge in [-0.15, -0.1) is 0 Å². The molecule has 0 unspecified atom stereocenters. The highest BCUT2D eigenvalue weighted by Crippen LogP contribution is 2.16. The van der Waals surface area contributed by atoms with E-state index in [9.17, 15) is 4.79 Å². The van der Waals surface area contributed by atoms with Crippen molar-refractivity contribution < 1.29 is 9.21 Å². The molecule has 5 heteroatoms. The molecule has 88 valence electrons. The predicted octanol–water partition coefficient (Wildman–Crippen LogP) is 2.45. The van der Waals surface area contributed by atoms with E-state index in [1.807, 2.05) is 0 Å². The monoisotopic (exact) mass is 250 g/mol. The largest absolute Gasteiger partial charge is 0.472 e. The summed E-state index contributed by atoms with van der Waals surface area (Å²) in [7, 11) is 0. The van der Waals surface area contributed by atoms with Crippen LogP contribution in [0.4, 0.5) is 5.69 Å². The zero-order chi connectivity index (χ0) is 12.3. The summed E-state index contributed by atoms with van der Waals surface area (Å²) >= 11 is 5.82. The average Bonchev–Trinajstić information content (AvgIpc) is 2.77. The van der Waals surface area contributed by atoms with Crippen LogP contribution in [0.25, 0.3) is 0 Å². The quantitative estimate of drug-likeness (QED) is 0.822. The van der Waals surface area contributed by atoms with Crippen molar-refractivity contribution in [3.63, 3.8) is 0 Å². The standard InChI is InChI=1S/C12H11ClN2O2/c13-10-3-9(4-11(14)5-10)12(16)15-6-8-1-2-17-7-8/h1-5,7H,6,14H2,(H,15,16). The molecule has 1 amide bonds. The van der Waals surface area contributed by atoms with Crippen molar-refractivity contribution in [1.29, 1.82) is 0 Å². The van der Waals surface area contributed by atoms with E-state index in [1.165, 1.54) is 0 Å². The lowest BCUT2D eigenvalue weighted by molar-refractivity contribution is 0.0951. The Kier molecular flexibility index (Phi) is 3.35. The number of hydrogen-bond acceptors (Lipinski definition) is 3. The number of hydrogen-bond donors (Lipinski definition) is 2. The maximum atomic E-state index is 11.8. The molecular formula is C12H11ClN2O2. The summed E-state index contributed by atoms with van der Waals surface area (Å²) in [5.74, 6) is -0.222. The summed E-state index contributed by atoms with van der Waals surface area (Å²) in [5.41, 5.74) is 7.41. The van der Waals surface area contributed by atoms with Crippen LogP contribution in [0, 0.1) is 0 Å². The van der Waals surface area contributed by atoms with Crippen molar-refractivity contribution in [2.75, 3.05) is 5.73 Å². The second-order valence-electron chi connectivity index (χ2n) is 3.59. The van der Waals surface area contributed by atoms with Gasteiger partial charge in [-0.3, -0.25) is 4.79 Å². The highest BCUT2D eigenvalue weighted by Gasteiger charge is 2.07. The van der Waals surface area contributed by atoms with Crippen molar-refractivity contribution in [2.45, 2.75) is 6.54 Å². The first kappa shape index (κ1) is 11.5. The molecule has 0 atom stereocenters. The van der Waals surface area contributed by atoms with E-state index in [0.717, 1.165) is 5.56 Å². The number of halogens is 1. The third kappa shape index (κ3) is 3.01. The molecule has 17 heavy (non-hydrogen) atoms. The van der Waals surface area contributed by atoms with Gasteiger partial charge in [0.25, 0.3) is 5.91 Å². The van der Waals surface area contributed by atoms with Crippen LogP contribution in [0.2, 0.25) is 5.02 Å². The normalized spacial score (nSPS) is 10.2. The van der Waals surface area contributed by atoms with Crippen molar-refractivity contribution in [3.05, 3.63) is 52.9 Å². The smallest absolute Gasteiger partial charge is 0.251 e. The fraction of sp³-hybridized carbons (Fsp3) is 0.0833. The van der Waals surface area contributed by atoms with Gasteiger partial charge in [-0.1, -0.05) is 11.6 Å². The van der Waals surface area contributed by atoms with Crippen molar-refractivity contribution >= 4 is 23.2 Å². The van der Waals surface area contributed by atoms with Crippen molar-refractivity contribution in [2.24, 2.45) is 0 Å². The van der Waals surface area contributed by atoms with Crippen LogP contribution in [0.15, 0.2) is 41.2 Å². The maximum absolute atomic E-state index is 11.8. The van der Waals surface area contributed by atoms with Crippen LogP contribution in [0.5, 0.6) is 0 Å². The molecule has 0 aliphatic heterocycles. The Morgan fingerprint density at radius 3 is 2.88 bits per heavy atom. The number of carbonyl (C=O) groups is 1. The van der Waals surface area contributed by atoms with Crippen LogP contribution < -0.4 is 11.1 Å². The predicted molar refractivity (Wildman–Crippen MR) is 65.7 cm³/mol. The summed E-state index contributed by atoms with van der Waals surface area (Å²) in [6, 6.07) is 6.53. The van der Waals surface area contributed by atoms with E-state index in [4.69, 9.17) is 21.8 Å². The van der Waals surface area contributed by atoms with E-state index in [0.29, 0.717) is 22.8 Å². The number of furan rings is 1. The third-order valence-corrected chi connectivity index (χ3v) is 2.43. The van der Waals surface area contributed by atoms with Crippen LogP contribution in [-0.2, 0) is 6.54 Å². The third-order valence-electron chi connectivity index (χ3n) is 2.22. The van der Waals surface area contributed by atoms with Gasteiger partial charge in [-0.2, -0.15) is 0 Å². The van der Waals surface area contributed by atoms with Crippen LogP contribution in [-0.4, -0.2) is 5.91 Å². The van der Waals surface area contributed by atoms with E-state index in [2.05, 4.69) is 5.32 Å². The minimum atomic E-state index is -0.222. The Labute approximate surface area is 103 Å². The molecule has 2 aromatic rings. The summed E-state index contributed by atoms with van der Waals surface area (Å²) in [5, 5.41) is 3.19. The summed E-state index contributed by atoms with van der Waals surface area (Å²) in [4.78, 5) is 11.8. The van der Waals surface area contributed by atoms with Gasteiger partial charge in [-0.05, 0) is 24.3 Å². The van der Waals surface area contributed by atoms with Crippen LogP contribution in [0.1, 0.15) is 15.9 Å². The van der Waals surface area contributed by atoms with Gasteiger partial charge in [0.1, 0.15) is 0 Å². The van der Waals surface area contributed by atoms with E-state index < -0.39 is 0 Å². The van der Waals surface area contributed by atoms with Gasteiger partial charge < -0.3 is 15.5 Å². The topological polar surface area (TPSA) is 68.3 Å². The Hall–Kier alpha value is -1.94. The number of rotatable bonds is 3. The number of carbonyl (C=O) groups excluding carboxylic acids is 1. The summed E-state index contributed by atoms with van der Waals surface area (Å²) in [6.07, 6.45) is 3.13. The average molecular weight is 251 g/mol. The first-order valence-electron chi connectivity index (χ1n) is 5.00. The summed E-state index contributed by atoms with van der Waals surface area (Å²) in [6.45, 7) is 0.405. The lowest BCUT2D eigenvalue weighted by Gasteiger charge is -2.05. The molecule has 0 saturated carbocycles. The molecule has 0 radical (unpaired) electrons. The number of amides is 1. The zero-order valence-electron chi connectivity index (χ0n) is 8.94. The second kappa shape index (κ2) is 4.93. The molecule has 0 aliphatic carbocycles. The van der Waals surface area contributed by atoms with Gasteiger partial charge in [0.15, 0.2) is 0 Å². The molecule has 0 bridgehead atoms. The maximum Gasteiger partial charge on any atom is 0.251 e. The Morgan fingerprint density at radius 1 is 1.41 bits per heavy atom. The molecule has 0 aliphatic rings. The number of anilines is 1. The molecule has 1 aromatic carbocycles. The molecule has 4 nitrogen and oxygen atoms in total. The first-order valence-corrected chi connectivity index (χ1v) is 5.38. The van der Waals surface area contributed by atoms with Gasteiger partial charge in [-0.25, -0.2) is 0 Å². The number of nitrogens with two attached hydrogens (primary N) is 1. The molecule has 0 spiro atoms. The van der Waals surface area contributed by atoms with Crippen LogP contribution >= 0.6 is 11.6 Å². The SMILES string of the molecule is Nc1cc(Cl)cc(C(=O)NCc2ccoc2)c1. The fourth-order valence-electron chi connectivity index (χ4n) is 1.42. The van der Waals surface area contributed by atoms with Gasteiger partial charge >= 0.3 is 0 Å². The lowest BCUT2D eigenvalue weighted by atomic mass is 10.2. The molecule has 2 rings (SSSR count). The van der Waals surface area contributed by atoms with Crippen molar-refractivity contribution in [1.82, 2.24) is 5.32 Å². The number of nitrogen functional groups attached to an aromatic ring is 1. The summed E-state index contributed by atoms with van der Waals surface area (Å²) < 4.78 is 4.90. The van der Waals surface area contributed by atoms with E-state index >= 15 is 0 Å². The Balaban J connectivity index is 2.04. The van der Waals surface area contributed by atoms with Crippen molar-refractivity contribution in [3.8, 4) is 0 Å². The number of nitrogens with one attached hydrogen (secondary N) is 1. The van der Waals surface area contributed by atoms with E-state index in [-0.39, 0.29) is 5.91 Å². The van der Waals surface area contributed by atoms with Gasteiger partial charge in [0.05, 0.1) is 12.5 Å². The van der Waals surface area contributed by atoms with E-state index in [1.54, 1.807) is 36.8 Å². The Bertz CT molecular complexity index is 503. The van der Waals surface area contributed by atoms with Gasteiger partial charge in [0.2, 0.25) is 0 Å². The fourth-order valence-corrected chi connectivity index (χ4v) is 1.66. The molecule has 1 aromatic heterocycles. The molecule has 3 N–H and O–H groups in total. The first-order chi connectivity index (χ1) is 8.15. The van der Waals surface area contributed by atoms with Crippen LogP contribution in [0.3, 0.4) is 0 Å². The minimum Gasteiger partial charge on any atom is -0.472 e. The van der Waals surface area contributed by atoms with Gasteiger partial charge in [0, 0.05) is 28.4 Å².